The van der Waals surface area contributed by atoms with Gasteiger partial charge in [0.05, 0.1) is 0 Å². The molecule has 5 rings (SSSR count). The number of thioether (sulfide) groups is 1. The van der Waals surface area contributed by atoms with E-state index in [1.807, 2.05) is 29.2 Å². The third-order valence-electron chi connectivity index (χ3n) is 7.20. The smallest absolute Gasteiger partial charge is 0.254 e. The molecule has 2 aliphatic heterocycles. The fourth-order valence-electron chi connectivity index (χ4n) is 5.17. The van der Waals surface area contributed by atoms with Gasteiger partial charge in [0.2, 0.25) is 0 Å². The maximum Gasteiger partial charge on any atom is 0.254 e. The SMILES string of the molecule is Cc1ccc(SCc2ccc(C(=O)N3[C@H]4CC[C@H]3CC(Oc3ccc(F)cc3F)C4)cc2)cc1C. The molecule has 0 aliphatic carbocycles. The molecule has 2 fully saturated rings. The van der Waals surface area contributed by atoms with E-state index in [0.29, 0.717) is 18.4 Å². The van der Waals surface area contributed by atoms with E-state index in [2.05, 4.69) is 32.0 Å². The van der Waals surface area contributed by atoms with Gasteiger partial charge in [-0.2, -0.15) is 0 Å². The van der Waals surface area contributed by atoms with Crippen molar-refractivity contribution in [1.82, 2.24) is 4.90 Å². The predicted molar refractivity (Wildman–Crippen MR) is 135 cm³/mol. The minimum Gasteiger partial charge on any atom is -0.487 e. The Balaban J connectivity index is 1.20. The number of halogens is 2. The lowest BCUT2D eigenvalue weighted by Crippen LogP contribution is -2.49. The first kappa shape index (κ1) is 23.9. The summed E-state index contributed by atoms with van der Waals surface area (Å²) in [6.07, 6.45) is 2.98. The maximum absolute atomic E-state index is 14.0. The number of hydrogen-bond donors (Lipinski definition) is 0. The second-order valence-corrected chi connectivity index (χ2v) is 10.7. The van der Waals surface area contributed by atoms with E-state index in [-0.39, 0.29) is 29.8 Å². The van der Waals surface area contributed by atoms with E-state index >= 15 is 0 Å². The number of fused-ring (bicyclic) bond motifs is 2. The molecule has 3 aromatic carbocycles. The summed E-state index contributed by atoms with van der Waals surface area (Å²) < 4.78 is 33.1. The normalized spacial score (nSPS) is 21.3. The van der Waals surface area contributed by atoms with Crippen LogP contribution in [0.1, 0.15) is 52.7 Å². The molecule has 0 radical (unpaired) electrons. The summed E-state index contributed by atoms with van der Waals surface area (Å²) in [7, 11) is 0. The third kappa shape index (κ3) is 5.22. The van der Waals surface area contributed by atoms with E-state index in [4.69, 9.17) is 4.74 Å². The molecule has 2 aliphatic rings. The third-order valence-corrected chi connectivity index (χ3v) is 8.26. The van der Waals surface area contributed by atoms with Gasteiger partial charge in [-0.15, -0.1) is 11.8 Å². The summed E-state index contributed by atoms with van der Waals surface area (Å²) in [6.45, 7) is 4.25. The molecule has 0 spiro atoms. The molecule has 1 amide bonds. The van der Waals surface area contributed by atoms with Crippen LogP contribution in [-0.2, 0) is 5.75 Å². The number of piperidine rings is 1. The molecule has 2 heterocycles. The fraction of sp³-hybridized carbons (Fsp3) is 0.345. The molecule has 3 aromatic rings. The Kier molecular flexibility index (Phi) is 6.83. The van der Waals surface area contributed by atoms with Crippen molar-refractivity contribution in [3.63, 3.8) is 0 Å². The van der Waals surface area contributed by atoms with Crippen LogP contribution in [0, 0.1) is 25.5 Å². The summed E-state index contributed by atoms with van der Waals surface area (Å²) in [5.41, 5.74) is 4.47. The van der Waals surface area contributed by atoms with E-state index in [1.54, 1.807) is 11.8 Å². The molecular weight excluding hydrogens is 464 g/mol. The van der Waals surface area contributed by atoms with Crippen LogP contribution in [0.25, 0.3) is 0 Å². The van der Waals surface area contributed by atoms with E-state index in [0.717, 1.165) is 24.7 Å². The monoisotopic (exact) mass is 493 g/mol. The van der Waals surface area contributed by atoms with Crippen molar-refractivity contribution < 1.29 is 18.3 Å². The number of amides is 1. The number of carbonyl (C=O) groups excluding carboxylic acids is 1. The average Bonchev–Trinajstić information content (AvgIpc) is 3.11. The van der Waals surface area contributed by atoms with Crippen molar-refractivity contribution in [2.24, 2.45) is 0 Å². The first-order chi connectivity index (χ1) is 16.9. The van der Waals surface area contributed by atoms with Gasteiger partial charge in [0.1, 0.15) is 11.9 Å². The van der Waals surface area contributed by atoms with Gasteiger partial charge in [0.25, 0.3) is 5.91 Å². The zero-order chi connectivity index (χ0) is 24.5. The first-order valence-electron chi connectivity index (χ1n) is 12.1. The van der Waals surface area contributed by atoms with Crippen LogP contribution in [0.4, 0.5) is 8.78 Å². The van der Waals surface area contributed by atoms with Crippen molar-refractivity contribution in [3.8, 4) is 5.75 Å². The van der Waals surface area contributed by atoms with Crippen molar-refractivity contribution in [2.45, 2.75) is 68.4 Å². The Morgan fingerprint density at radius 2 is 1.66 bits per heavy atom. The molecule has 182 valence electrons. The molecule has 2 saturated heterocycles. The highest BCUT2D eigenvalue weighted by atomic mass is 32.2. The lowest BCUT2D eigenvalue weighted by molar-refractivity contribution is 0.0349. The molecule has 35 heavy (non-hydrogen) atoms. The molecule has 2 bridgehead atoms. The van der Waals surface area contributed by atoms with E-state index < -0.39 is 11.6 Å². The number of carbonyl (C=O) groups is 1. The van der Waals surface area contributed by atoms with Crippen LogP contribution in [0.5, 0.6) is 5.75 Å². The number of hydrogen-bond acceptors (Lipinski definition) is 3. The van der Waals surface area contributed by atoms with Gasteiger partial charge in [0, 0.05) is 47.2 Å². The zero-order valence-electron chi connectivity index (χ0n) is 20.0. The largest absolute Gasteiger partial charge is 0.487 e. The lowest BCUT2D eigenvalue weighted by atomic mass is 9.98. The quantitative estimate of drug-likeness (QED) is 0.343. The summed E-state index contributed by atoms with van der Waals surface area (Å²) in [5.74, 6) is -0.329. The second kappa shape index (κ2) is 10.0. The fourth-order valence-corrected chi connectivity index (χ4v) is 6.12. The Morgan fingerprint density at radius 3 is 2.31 bits per heavy atom. The predicted octanol–water partition coefficient (Wildman–Crippen LogP) is 7.09. The summed E-state index contributed by atoms with van der Waals surface area (Å²) >= 11 is 1.80. The van der Waals surface area contributed by atoms with E-state index in [1.165, 1.54) is 33.7 Å². The highest BCUT2D eigenvalue weighted by Crippen LogP contribution is 2.38. The van der Waals surface area contributed by atoms with Crippen LogP contribution in [-0.4, -0.2) is 29.0 Å². The maximum atomic E-state index is 14.0. The number of nitrogens with zero attached hydrogens (tertiary/aromatic N) is 1. The van der Waals surface area contributed by atoms with Crippen LogP contribution >= 0.6 is 11.8 Å². The minimum absolute atomic E-state index is 0.0530. The Morgan fingerprint density at radius 1 is 0.943 bits per heavy atom. The van der Waals surface area contributed by atoms with E-state index in [9.17, 15) is 13.6 Å². The lowest BCUT2D eigenvalue weighted by Gasteiger charge is -2.39. The van der Waals surface area contributed by atoms with Crippen LogP contribution in [0.15, 0.2) is 65.6 Å². The highest BCUT2D eigenvalue weighted by molar-refractivity contribution is 7.98. The summed E-state index contributed by atoms with van der Waals surface area (Å²) in [4.78, 5) is 16.6. The molecule has 0 aromatic heterocycles. The molecule has 0 saturated carbocycles. The van der Waals surface area contributed by atoms with Gasteiger partial charge in [-0.05, 0) is 79.8 Å². The molecule has 6 heteroatoms. The molecule has 2 atom stereocenters. The van der Waals surface area contributed by atoms with Crippen molar-refractivity contribution in [2.75, 3.05) is 0 Å². The van der Waals surface area contributed by atoms with Crippen LogP contribution in [0.3, 0.4) is 0 Å². The van der Waals surface area contributed by atoms with Crippen LogP contribution < -0.4 is 4.74 Å². The van der Waals surface area contributed by atoms with Gasteiger partial charge in [-0.3, -0.25) is 4.79 Å². The van der Waals surface area contributed by atoms with Gasteiger partial charge in [0.15, 0.2) is 11.6 Å². The Labute approximate surface area is 209 Å². The average molecular weight is 494 g/mol. The standard InChI is InChI=1S/C29H29F2NO2S/c1-18-3-11-26(13-19(18)2)35-17-20-4-6-21(7-5-20)29(33)32-23-9-10-24(32)16-25(15-23)34-28-12-8-22(30)14-27(28)31/h3-8,11-14,23-25H,9-10,15-17H2,1-2H3/t23-,24-/m0/s1. The minimum atomic E-state index is -0.688. The molecule has 0 unspecified atom stereocenters. The summed E-state index contributed by atoms with van der Waals surface area (Å²) in [6, 6.07) is 18.0. The Bertz CT molecular complexity index is 1220. The first-order valence-corrected chi connectivity index (χ1v) is 13.1. The number of rotatable bonds is 6. The number of ether oxygens (including phenoxy) is 1. The summed E-state index contributed by atoms with van der Waals surface area (Å²) in [5, 5.41) is 0. The topological polar surface area (TPSA) is 29.5 Å². The van der Waals surface area contributed by atoms with Crippen molar-refractivity contribution in [3.05, 3.63) is 94.6 Å². The van der Waals surface area contributed by atoms with Crippen LogP contribution in [0.2, 0.25) is 0 Å². The molecular formula is C29H29F2NO2S. The number of benzene rings is 3. The highest BCUT2D eigenvalue weighted by Gasteiger charge is 2.44. The molecule has 3 nitrogen and oxygen atoms in total. The van der Waals surface area contributed by atoms with Gasteiger partial charge in [-0.1, -0.05) is 18.2 Å². The zero-order valence-corrected chi connectivity index (χ0v) is 20.8. The van der Waals surface area contributed by atoms with Crippen molar-refractivity contribution in [1.29, 1.82) is 0 Å². The van der Waals surface area contributed by atoms with Gasteiger partial charge < -0.3 is 9.64 Å². The second-order valence-electron chi connectivity index (χ2n) is 9.62. The molecule has 0 N–H and O–H groups in total. The van der Waals surface area contributed by atoms with Crippen molar-refractivity contribution >= 4 is 17.7 Å². The number of aryl methyl sites for hydroxylation is 2. The van der Waals surface area contributed by atoms with Gasteiger partial charge in [-0.25, -0.2) is 8.78 Å². The Hall–Kier alpha value is -2.86. The van der Waals surface area contributed by atoms with Gasteiger partial charge >= 0.3 is 0 Å².